The van der Waals surface area contributed by atoms with E-state index in [1.807, 2.05) is 12.3 Å². The van der Waals surface area contributed by atoms with E-state index in [9.17, 15) is 13.2 Å². The zero-order valence-corrected chi connectivity index (χ0v) is 16.4. The molecule has 0 spiro atoms. The van der Waals surface area contributed by atoms with Gasteiger partial charge in [0.2, 0.25) is 5.91 Å². The Balaban J connectivity index is 1.60. The molecule has 0 radical (unpaired) electrons. The fourth-order valence-electron chi connectivity index (χ4n) is 2.53. The number of benzene rings is 2. The van der Waals surface area contributed by atoms with Crippen LogP contribution in [0.1, 0.15) is 12.8 Å². The number of carbonyl (C=O) groups is 1. The van der Waals surface area contributed by atoms with Crippen LogP contribution < -0.4 is 10.0 Å². The third kappa shape index (κ3) is 5.58. The molecular formula is C19H19ClN4O3S. The lowest BCUT2D eigenvalue weighted by molar-refractivity contribution is -0.116. The van der Waals surface area contributed by atoms with Crippen molar-refractivity contribution in [3.8, 4) is 0 Å². The molecule has 1 amide bonds. The van der Waals surface area contributed by atoms with Crippen LogP contribution in [-0.4, -0.2) is 24.1 Å². The minimum atomic E-state index is -3.79. The summed E-state index contributed by atoms with van der Waals surface area (Å²) in [5.41, 5.74) is 0.820. The number of hydrogen-bond acceptors (Lipinski definition) is 4. The number of sulfonamides is 1. The first-order valence-corrected chi connectivity index (χ1v) is 10.4. The van der Waals surface area contributed by atoms with Gasteiger partial charge in [0, 0.05) is 41.8 Å². The summed E-state index contributed by atoms with van der Waals surface area (Å²) in [5, 5.41) is 7.32. The summed E-state index contributed by atoms with van der Waals surface area (Å²) in [4.78, 5) is 12.2. The number of hydrogen-bond donors (Lipinski definition) is 2. The molecule has 146 valence electrons. The number of aromatic nitrogens is 2. The highest BCUT2D eigenvalue weighted by Crippen LogP contribution is 2.21. The van der Waals surface area contributed by atoms with Gasteiger partial charge in [-0.05, 0) is 55.0 Å². The molecule has 0 saturated carbocycles. The standard InChI is InChI=1S/C19H19ClN4O3S/c20-15-7-9-16(10-8-15)23-28(26,27)18-5-1-4-17(14-18)22-19(25)6-2-12-24-13-3-11-21-24/h1,3-5,7-11,13-14,23H,2,6,12H2,(H,22,25). The summed E-state index contributed by atoms with van der Waals surface area (Å²) < 4.78 is 29.4. The van der Waals surface area contributed by atoms with Crippen molar-refractivity contribution in [1.29, 1.82) is 0 Å². The Kier molecular flexibility index (Phi) is 6.33. The van der Waals surface area contributed by atoms with E-state index >= 15 is 0 Å². The molecule has 3 rings (SSSR count). The predicted octanol–water partition coefficient (Wildman–Crippen LogP) is 3.76. The number of carbonyl (C=O) groups excluding carboxylic acids is 1. The lowest BCUT2D eigenvalue weighted by atomic mass is 10.2. The van der Waals surface area contributed by atoms with Crippen LogP contribution in [0.5, 0.6) is 0 Å². The van der Waals surface area contributed by atoms with E-state index in [0.29, 0.717) is 35.8 Å². The van der Waals surface area contributed by atoms with Crippen molar-refractivity contribution >= 4 is 38.9 Å². The Bertz CT molecular complexity index is 1040. The molecule has 0 aliphatic heterocycles. The van der Waals surface area contributed by atoms with Crippen LogP contribution in [0.4, 0.5) is 11.4 Å². The average Bonchev–Trinajstić information content (AvgIpc) is 3.17. The first-order chi connectivity index (χ1) is 13.4. The molecule has 0 unspecified atom stereocenters. The Hall–Kier alpha value is -2.84. The molecule has 2 N–H and O–H groups in total. The van der Waals surface area contributed by atoms with Gasteiger partial charge in [0.15, 0.2) is 0 Å². The van der Waals surface area contributed by atoms with Gasteiger partial charge in [0.1, 0.15) is 0 Å². The molecule has 1 heterocycles. The molecular weight excluding hydrogens is 400 g/mol. The van der Waals surface area contributed by atoms with Crippen molar-refractivity contribution in [3.05, 3.63) is 72.0 Å². The number of nitrogens with zero attached hydrogens (tertiary/aromatic N) is 2. The monoisotopic (exact) mass is 418 g/mol. The summed E-state index contributed by atoms with van der Waals surface area (Å²) in [6.07, 6.45) is 4.45. The number of aryl methyl sites for hydroxylation is 1. The predicted molar refractivity (Wildman–Crippen MR) is 109 cm³/mol. The van der Waals surface area contributed by atoms with Gasteiger partial charge in [0.25, 0.3) is 10.0 Å². The second-order valence-electron chi connectivity index (χ2n) is 6.06. The summed E-state index contributed by atoms with van der Waals surface area (Å²) in [6.45, 7) is 0.639. The van der Waals surface area contributed by atoms with Gasteiger partial charge in [-0.1, -0.05) is 17.7 Å². The lowest BCUT2D eigenvalue weighted by Crippen LogP contribution is -2.15. The minimum Gasteiger partial charge on any atom is -0.326 e. The van der Waals surface area contributed by atoms with E-state index in [0.717, 1.165) is 0 Å². The molecule has 7 nitrogen and oxygen atoms in total. The van der Waals surface area contributed by atoms with Crippen LogP contribution in [-0.2, 0) is 21.4 Å². The Morgan fingerprint density at radius 1 is 1.07 bits per heavy atom. The summed E-state index contributed by atoms with van der Waals surface area (Å²) in [5.74, 6) is -0.188. The molecule has 3 aromatic rings. The average molecular weight is 419 g/mol. The number of anilines is 2. The van der Waals surface area contributed by atoms with E-state index in [2.05, 4.69) is 15.1 Å². The molecule has 0 aliphatic rings. The number of amides is 1. The van der Waals surface area contributed by atoms with Crippen molar-refractivity contribution in [2.75, 3.05) is 10.0 Å². The zero-order chi connectivity index (χ0) is 20.0. The van der Waals surface area contributed by atoms with Crippen molar-refractivity contribution < 1.29 is 13.2 Å². The van der Waals surface area contributed by atoms with E-state index in [1.165, 1.54) is 12.1 Å². The molecule has 0 aliphatic carbocycles. The first kappa shape index (κ1) is 19.9. The highest BCUT2D eigenvalue weighted by molar-refractivity contribution is 7.92. The van der Waals surface area contributed by atoms with Gasteiger partial charge in [-0.15, -0.1) is 0 Å². The van der Waals surface area contributed by atoms with Crippen molar-refractivity contribution in [2.45, 2.75) is 24.3 Å². The van der Waals surface area contributed by atoms with Crippen LogP contribution in [0.25, 0.3) is 0 Å². The maximum atomic E-state index is 12.6. The Labute approximate surface area is 168 Å². The molecule has 0 bridgehead atoms. The van der Waals surface area contributed by atoms with Gasteiger partial charge in [-0.25, -0.2) is 8.42 Å². The second kappa shape index (κ2) is 8.90. The quantitative estimate of drug-likeness (QED) is 0.582. The Morgan fingerprint density at radius 3 is 2.57 bits per heavy atom. The van der Waals surface area contributed by atoms with E-state index < -0.39 is 10.0 Å². The maximum Gasteiger partial charge on any atom is 0.261 e. The fraction of sp³-hybridized carbons (Fsp3) is 0.158. The molecule has 0 atom stereocenters. The largest absolute Gasteiger partial charge is 0.326 e. The van der Waals surface area contributed by atoms with Crippen LogP contribution >= 0.6 is 11.6 Å². The number of halogens is 1. The van der Waals surface area contributed by atoms with Crippen LogP contribution in [0.15, 0.2) is 71.9 Å². The minimum absolute atomic E-state index is 0.0526. The zero-order valence-electron chi connectivity index (χ0n) is 14.9. The summed E-state index contributed by atoms with van der Waals surface area (Å²) >= 11 is 5.81. The fourth-order valence-corrected chi connectivity index (χ4v) is 3.76. The lowest BCUT2D eigenvalue weighted by Gasteiger charge is -2.10. The number of rotatable bonds is 8. The normalized spacial score (nSPS) is 11.2. The van der Waals surface area contributed by atoms with Crippen LogP contribution in [0.2, 0.25) is 5.02 Å². The Morgan fingerprint density at radius 2 is 1.86 bits per heavy atom. The molecule has 28 heavy (non-hydrogen) atoms. The third-order valence-corrected chi connectivity index (χ3v) is 5.51. The first-order valence-electron chi connectivity index (χ1n) is 8.58. The van der Waals surface area contributed by atoms with Gasteiger partial charge in [-0.2, -0.15) is 5.10 Å². The highest BCUT2D eigenvalue weighted by Gasteiger charge is 2.15. The van der Waals surface area contributed by atoms with Gasteiger partial charge in [-0.3, -0.25) is 14.2 Å². The van der Waals surface area contributed by atoms with Crippen molar-refractivity contribution in [2.24, 2.45) is 0 Å². The summed E-state index contributed by atoms with van der Waals surface area (Å²) in [6, 6.07) is 14.3. The van der Waals surface area contributed by atoms with Gasteiger partial charge in [0.05, 0.1) is 4.90 Å². The molecule has 0 fully saturated rings. The SMILES string of the molecule is O=C(CCCn1cccn1)Nc1cccc(S(=O)(=O)Nc2ccc(Cl)cc2)c1. The van der Waals surface area contributed by atoms with Gasteiger partial charge < -0.3 is 5.32 Å². The van der Waals surface area contributed by atoms with E-state index in [4.69, 9.17) is 11.6 Å². The van der Waals surface area contributed by atoms with Gasteiger partial charge >= 0.3 is 0 Å². The molecule has 1 aromatic heterocycles. The summed E-state index contributed by atoms with van der Waals surface area (Å²) in [7, 11) is -3.79. The molecule has 0 saturated heterocycles. The van der Waals surface area contributed by atoms with Crippen LogP contribution in [0, 0.1) is 0 Å². The van der Waals surface area contributed by atoms with Crippen molar-refractivity contribution in [1.82, 2.24) is 9.78 Å². The topological polar surface area (TPSA) is 93.1 Å². The van der Waals surface area contributed by atoms with E-state index in [1.54, 1.807) is 47.3 Å². The van der Waals surface area contributed by atoms with Crippen LogP contribution in [0.3, 0.4) is 0 Å². The van der Waals surface area contributed by atoms with Crippen molar-refractivity contribution in [3.63, 3.8) is 0 Å². The third-order valence-electron chi connectivity index (χ3n) is 3.87. The molecule has 2 aromatic carbocycles. The smallest absolute Gasteiger partial charge is 0.261 e. The van der Waals surface area contributed by atoms with E-state index in [-0.39, 0.29) is 10.8 Å². The number of nitrogens with one attached hydrogen (secondary N) is 2. The maximum absolute atomic E-state index is 12.6. The second-order valence-corrected chi connectivity index (χ2v) is 8.18. The highest BCUT2D eigenvalue weighted by atomic mass is 35.5. The molecule has 9 heteroatoms.